The molecule has 0 saturated carbocycles. The summed E-state index contributed by atoms with van der Waals surface area (Å²) >= 11 is 0. The Balaban J connectivity index is 1.32. The van der Waals surface area contributed by atoms with E-state index in [1.807, 2.05) is 55.5 Å². The van der Waals surface area contributed by atoms with Crippen molar-refractivity contribution in [1.29, 1.82) is 0 Å². The second-order valence-corrected chi connectivity index (χ2v) is 12.1. The molecule has 3 aromatic heterocycles. The molecule has 2 aromatic carbocycles. The van der Waals surface area contributed by atoms with Crippen LogP contribution in [0.15, 0.2) is 62.2 Å². The van der Waals surface area contributed by atoms with Crippen LogP contribution in [0.1, 0.15) is 72.7 Å². The zero-order chi connectivity index (χ0) is 38.1. The van der Waals surface area contributed by atoms with E-state index in [2.05, 4.69) is 25.2 Å². The van der Waals surface area contributed by atoms with Gasteiger partial charge in [0.1, 0.15) is 17.1 Å². The van der Waals surface area contributed by atoms with Gasteiger partial charge in [0.15, 0.2) is 23.8 Å². The first-order chi connectivity index (χ1) is 25.3. The van der Waals surface area contributed by atoms with Gasteiger partial charge in [0.05, 0.1) is 13.2 Å². The lowest BCUT2D eigenvalue weighted by molar-refractivity contribution is -0.757. The van der Waals surface area contributed by atoms with Crippen LogP contribution in [0.4, 0.5) is 4.79 Å². The highest BCUT2D eigenvalue weighted by atomic mass is 16.9. The molecule has 0 spiro atoms. The van der Waals surface area contributed by atoms with Crippen molar-refractivity contribution >= 4 is 12.1 Å². The van der Waals surface area contributed by atoms with E-state index in [0.717, 1.165) is 27.9 Å². The fourth-order valence-electron chi connectivity index (χ4n) is 5.24. The SMILES string of the molecule is CCCc1nc(C(C)(C)O)c(C(=O)OCc2oc(=O)oc2C)n1Cc1ccc(-c2ccccc2-c2nnn(COC(=O)OCCCO[N+](=O)[O-])n2)cc1. The van der Waals surface area contributed by atoms with Crippen molar-refractivity contribution in [3.8, 4) is 22.5 Å². The van der Waals surface area contributed by atoms with Crippen molar-refractivity contribution in [2.45, 2.75) is 72.4 Å². The molecule has 0 fully saturated rings. The van der Waals surface area contributed by atoms with E-state index in [1.165, 1.54) is 20.8 Å². The molecule has 0 aliphatic carbocycles. The van der Waals surface area contributed by atoms with Crippen LogP contribution in [-0.2, 0) is 51.0 Å². The molecule has 0 amide bonds. The highest BCUT2D eigenvalue weighted by Gasteiger charge is 2.33. The lowest BCUT2D eigenvalue weighted by atomic mass is 9.98. The molecule has 0 aliphatic heterocycles. The van der Waals surface area contributed by atoms with Gasteiger partial charge in [-0.3, -0.25) is 0 Å². The van der Waals surface area contributed by atoms with Crippen molar-refractivity contribution < 1.29 is 47.7 Å². The van der Waals surface area contributed by atoms with Gasteiger partial charge in [-0.2, -0.15) is 0 Å². The number of carbonyl (C=O) groups excluding carboxylic acids is 2. The molecular weight excluding hydrogens is 698 g/mol. The van der Waals surface area contributed by atoms with Crippen molar-refractivity contribution in [2.75, 3.05) is 13.2 Å². The number of nitrogens with zero attached hydrogens (tertiary/aromatic N) is 7. The Hall–Kier alpha value is -6.37. The van der Waals surface area contributed by atoms with Gasteiger partial charge in [0.2, 0.25) is 12.6 Å². The van der Waals surface area contributed by atoms with E-state index < -0.39 is 28.6 Å². The number of hydrogen-bond acceptors (Lipinski definition) is 16. The third-order valence-electron chi connectivity index (χ3n) is 7.69. The van der Waals surface area contributed by atoms with Crippen molar-refractivity contribution in [3.63, 3.8) is 0 Å². The van der Waals surface area contributed by atoms with Gasteiger partial charge in [-0.05, 0) is 49.1 Å². The summed E-state index contributed by atoms with van der Waals surface area (Å²) in [7, 11) is 0. The molecule has 1 N–H and O–H groups in total. The number of aliphatic hydroxyl groups is 1. The number of esters is 1. The van der Waals surface area contributed by atoms with Gasteiger partial charge in [-0.1, -0.05) is 55.5 Å². The number of ether oxygens (including phenoxy) is 3. The lowest BCUT2D eigenvalue weighted by Gasteiger charge is -2.17. The largest absolute Gasteiger partial charge is 0.519 e. The summed E-state index contributed by atoms with van der Waals surface area (Å²) in [6.45, 7) is 5.72. The van der Waals surface area contributed by atoms with Gasteiger partial charge in [0, 0.05) is 24.9 Å². The normalized spacial score (nSPS) is 11.3. The van der Waals surface area contributed by atoms with Crippen LogP contribution < -0.4 is 5.82 Å². The van der Waals surface area contributed by atoms with E-state index in [1.54, 1.807) is 4.57 Å². The second-order valence-electron chi connectivity index (χ2n) is 12.1. The maximum absolute atomic E-state index is 13.6. The monoisotopic (exact) mass is 735 g/mol. The first kappa shape index (κ1) is 37.9. The van der Waals surface area contributed by atoms with Gasteiger partial charge in [-0.15, -0.1) is 25.1 Å². The Kier molecular flexibility index (Phi) is 12.0. The first-order valence-electron chi connectivity index (χ1n) is 16.5. The fourth-order valence-corrected chi connectivity index (χ4v) is 5.24. The molecule has 53 heavy (non-hydrogen) atoms. The minimum absolute atomic E-state index is 0.0760. The van der Waals surface area contributed by atoms with E-state index in [0.29, 0.717) is 17.8 Å². The molecular formula is C34H37N7O12. The quantitative estimate of drug-likeness (QED) is 0.0604. The van der Waals surface area contributed by atoms with Crippen molar-refractivity contribution in [3.05, 3.63) is 104 Å². The molecule has 3 heterocycles. The van der Waals surface area contributed by atoms with Crippen LogP contribution in [0.25, 0.3) is 22.5 Å². The Morgan fingerprint density at radius 1 is 1.02 bits per heavy atom. The Bertz CT molecular complexity index is 2110. The van der Waals surface area contributed by atoms with Gasteiger partial charge >= 0.3 is 17.9 Å². The summed E-state index contributed by atoms with van der Waals surface area (Å²) in [6.07, 6.45) is 0.350. The molecule has 0 bridgehead atoms. The van der Waals surface area contributed by atoms with Crippen LogP contribution in [0, 0.1) is 17.0 Å². The Morgan fingerprint density at radius 2 is 1.75 bits per heavy atom. The smallest absolute Gasteiger partial charge is 0.453 e. The summed E-state index contributed by atoms with van der Waals surface area (Å²) in [5.74, 6) is -0.531. The molecule has 0 aliphatic rings. The molecule has 19 nitrogen and oxygen atoms in total. The summed E-state index contributed by atoms with van der Waals surface area (Å²) in [6, 6.07) is 15.0. The summed E-state index contributed by atoms with van der Waals surface area (Å²) in [4.78, 5) is 57.0. The summed E-state index contributed by atoms with van der Waals surface area (Å²) in [5.41, 5.74) is 1.86. The fraction of sp³-hybridized carbons (Fsp3) is 0.382. The summed E-state index contributed by atoms with van der Waals surface area (Å²) in [5, 5.41) is 32.6. The molecule has 19 heteroatoms. The van der Waals surface area contributed by atoms with E-state index >= 15 is 0 Å². The number of carbonyl (C=O) groups is 2. The van der Waals surface area contributed by atoms with Gasteiger partial charge in [-0.25, -0.2) is 19.4 Å². The van der Waals surface area contributed by atoms with Crippen LogP contribution in [0.5, 0.6) is 0 Å². The molecule has 0 unspecified atom stereocenters. The van der Waals surface area contributed by atoms with Gasteiger partial charge < -0.3 is 37.6 Å². The third kappa shape index (κ3) is 9.70. The number of rotatable bonds is 17. The van der Waals surface area contributed by atoms with Crippen LogP contribution in [-0.4, -0.2) is 65.3 Å². The Labute approximate surface area is 301 Å². The number of aromatic nitrogens is 6. The highest BCUT2D eigenvalue weighted by molar-refractivity contribution is 5.89. The van der Waals surface area contributed by atoms with Gasteiger partial charge in [0.25, 0.3) is 5.09 Å². The predicted molar refractivity (Wildman–Crippen MR) is 180 cm³/mol. The van der Waals surface area contributed by atoms with Crippen LogP contribution in [0.3, 0.4) is 0 Å². The summed E-state index contributed by atoms with van der Waals surface area (Å²) < 4.78 is 26.9. The number of benzene rings is 2. The molecule has 0 atom stereocenters. The maximum Gasteiger partial charge on any atom is 0.519 e. The van der Waals surface area contributed by atoms with Crippen LogP contribution >= 0.6 is 0 Å². The average molecular weight is 736 g/mol. The number of aryl methyl sites for hydroxylation is 2. The van der Waals surface area contributed by atoms with E-state index in [-0.39, 0.29) is 68.2 Å². The maximum atomic E-state index is 13.6. The number of imidazole rings is 1. The zero-order valence-corrected chi connectivity index (χ0v) is 29.3. The highest BCUT2D eigenvalue weighted by Crippen LogP contribution is 2.31. The molecule has 0 radical (unpaired) electrons. The number of hydrogen-bond donors (Lipinski definition) is 1. The first-order valence-corrected chi connectivity index (χ1v) is 16.5. The Morgan fingerprint density at radius 3 is 2.42 bits per heavy atom. The minimum Gasteiger partial charge on any atom is -0.453 e. The predicted octanol–water partition coefficient (Wildman–Crippen LogP) is 4.35. The lowest BCUT2D eigenvalue weighted by Crippen LogP contribution is -2.23. The molecule has 5 aromatic rings. The standard InChI is InChI=1S/C34H37N7O12/c1-5-9-27-35-29(34(3,4)45)28(31(42)49-19-26-21(2)52-33(44)53-26)39(27)18-22-12-14-23(15-13-22)24-10-6-7-11-25(24)30-36-38-40(37-30)20-50-32(43)48-16-8-17-51-41(46)47/h6-7,10-15,45H,5,8-9,16-20H2,1-4H3. The van der Waals surface area contributed by atoms with Crippen molar-refractivity contribution in [1.82, 2.24) is 29.8 Å². The second kappa shape index (κ2) is 16.8. The average Bonchev–Trinajstić information content (AvgIpc) is 3.83. The van der Waals surface area contributed by atoms with E-state index in [4.69, 9.17) is 23.0 Å². The number of tetrazole rings is 1. The molecule has 280 valence electrons. The molecule has 5 rings (SSSR count). The minimum atomic E-state index is -1.48. The third-order valence-corrected chi connectivity index (χ3v) is 7.69. The topological polar surface area (TPSA) is 239 Å². The van der Waals surface area contributed by atoms with E-state index in [9.17, 15) is 29.6 Å². The van der Waals surface area contributed by atoms with Crippen molar-refractivity contribution in [2.24, 2.45) is 0 Å². The molecule has 0 saturated heterocycles. The zero-order valence-electron chi connectivity index (χ0n) is 29.3. The van der Waals surface area contributed by atoms with Crippen LogP contribution in [0.2, 0.25) is 0 Å².